The van der Waals surface area contributed by atoms with Crippen molar-refractivity contribution in [3.05, 3.63) is 56.2 Å². The van der Waals surface area contributed by atoms with Gasteiger partial charge in [0.25, 0.3) is 0 Å². The Balaban J connectivity index is 2.21. The number of benzene rings is 1. The summed E-state index contributed by atoms with van der Waals surface area (Å²) in [5.74, 6) is 0. The van der Waals surface area contributed by atoms with Gasteiger partial charge in [-0.05, 0) is 46.1 Å². The van der Waals surface area contributed by atoms with E-state index >= 15 is 0 Å². The Bertz CT molecular complexity index is 575. The van der Waals surface area contributed by atoms with Gasteiger partial charge in [-0.25, -0.2) is 4.98 Å². The van der Waals surface area contributed by atoms with E-state index in [9.17, 15) is 0 Å². The Morgan fingerprint density at radius 3 is 2.74 bits per heavy atom. The van der Waals surface area contributed by atoms with Crippen LogP contribution in [0, 0.1) is 0 Å². The third-order valence-corrected chi connectivity index (χ3v) is 4.42. The van der Waals surface area contributed by atoms with E-state index in [-0.39, 0.29) is 6.04 Å². The molecule has 1 N–H and O–H groups in total. The lowest BCUT2D eigenvalue weighted by molar-refractivity contribution is 0.748. The Kier molecular flexibility index (Phi) is 5.25. The van der Waals surface area contributed by atoms with Gasteiger partial charge < -0.3 is 5.32 Å². The highest BCUT2D eigenvalue weighted by Crippen LogP contribution is 2.28. The Hall–Kier alpha value is -0.580. The lowest BCUT2D eigenvalue weighted by atomic mass is 10.0. The molecular formula is C14H13Br2ClN2. The highest BCUT2D eigenvalue weighted by atomic mass is 79.9. The third kappa shape index (κ3) is 3.94. The summed E-state index contributed by atoms with van der Waals surface area (Å²) in [6.45, 7) is 2.15. The molecular weight excluding hydrogens is 391 g/mol. The fourth-order valence-corrected chi connectivity index (χ4v) is 2.72. The van der Waals surface area contributed by atoms with Crippen molar-refractivity contribution in [2.45, 2.75) is 19.4 Å². The maximum Gasteiger partial charge on any atom is 0.143 e. The maximum absolute atomic E-state index is 5.90. The summed E-state index contributed by atoms with van der Waals surface area (Å²) in [4.78, 5) is 4.12. The molecule has 0 aliphatic rings. The van der Waals surface area contributed by atoms with Crippen LogP contribution >= 0.6 is 43.5 Å². The van der Waals surface area contributed by atoms with Crippen molar-refractivity contribution in [1.82, 2.24) is 4.98 Å². The number of rotatable bonds is 4. The average molecular weight is 405 g/mol. The van der Waals surface area contributed by atoms with Crippen LogP contribution in [-0.4, -0.2) is 4.98 Å². The molecule has 0 spiro atoms. The molecule has 5 heteroatoms. The fraction of sp³-hybridized carbons (Fsp3) is 0.214. The van der Waals surface area contributed by atoms with Gasteiger partial charge in [0.1, 0.15) is 5.15 Å². The predicted molar refractivity (Wildman–Crippen MR) is 87.7 cm³/mol. The molecule has 0 saturated heterocycles. The van der Waals surface area contributed by atoms with Crippen LogP contribution in [0.3, 0.4) is 0 Å². The second-order valence-corrected chi connectivity index (χ2v) is 6.28. The summed E-state index contributed by atoms with van der Waals surface area (Å²) in [6, 6.07) is 10.5. The molecule has 0 fully saturated rings. The minimum absolute atomic E-state index is 0.243. The molecule has 0 amide bonds. The fourth-order valence-electron chi connectivity index (χ4n) is 1.85. The van der Waals surface area contributed by atoms with Crippen molar-refractivity contribution in [3.8, 4) is 0 Å². The van der Waals surface area contributed by atoms with Crippen LogP contribution in [0.25, 0.3) is 0 Å². The number of nitrogens with one attached hydrogen (secondary N) is 1. The first-order valence-electron chi connectivity index (χ1n) is 5.93. The predicted octanol–water partition coefficient (Wildman–Crippen LogP) is 5.82. The van der Waals surface area contributed by atoms with Crippen molar-refractivity contribution >= 4 is 49.1 Å². The largest absolute Gasteiger partial charge is 0.377 e. The van der Waals surface area contributed by atoms with Gasteiger partial charge in [0.05, 0.1) is 22.4 Å². The van der Waals surface area contributed by atoms with Crippen molar-refractivity contribution < 1.29 is 0 Å². The Morgan fingerprint density at radius 1 is 1.32 bits per heavy atom. The molecule has 1 unspecified atom stereocenters. The van der Waals surface area contributed by atoms with Crippen molar-refractivity contribution in [2.24, 2.45) is 0 Å². The molecule has 0 bridgehead atoms. The van der Waals surface area contributed by atoms with E-state index in [0.29, 0.717) is 5.15 Å². The van der Waals surface area contributed by atoms with Crippen LogP contribution in [0.1, 0.15) is 24.9 Å². The molecule has 19 heavy (non-hydrogen) atoms. The minimum Gasteiger partial charge on any atom is -0.377 e. The van der Waals surface area contributed by atoms with E-state index in [1.165, 1.54) is 5.56 Å². The molecule has 100 valence electrons. The number of halogens is 3. The van der Waals surface area contributed by atoms with E-state index in [0.717, 1.165) is 21.1 Å². The van der Waals surface area contributed by atoms with Crippen LogP contribution in [0.2, 0.25) is 5.15 Å². The smallest absolute Gasteiger partial charge is 0.143 e. The van der Waals surface area contributed by atoms with E-state index in [1.54, 1.807) is 6.20 Å². The first-order chi connectivity index (χ1) is 9.10. The molecule has 1 atom stereocenters. The van der Waals surface area contributed by atoms with Gasteiger partial charge in [-0.2, -0.15) is 0 Å². The van der Waals surface area contributed by atoms with Gasteiger partial charge in [-0.1, -0.05) is 46.6 Å². The summed E-state index contributed by atoms with van der Waals surface area (Å²) in [6.07, 6.45) is 2.73. The lowest BCUT2D eigenvalue weighted by Crippen LogP contribution is -2.09. The van der Waals surface area contributed by atoms with Gasteiger partial charge in [-0.15, -0.1) is 0 Å². The number of hydrogen-bond acceptors (Lipinski definition) is 2. The van der Waals surface area contributed by atoms with Gasteiger partial charge in [-0.3, -0.25) is 0 Å². The SMILES string of the molecule is CCC(Nc1cnc(Cl)c(Br)c1)c1cccc(Br)c1. The van der Waals surface area contributed by atoms with Gasteiger partial charge in [0.15, 0.2) is 0 Å². The molecule has 0 aliphatic heterocycles. The van der Waals surface area contributed by atoms with Gasteiger partial charge in [0, 0.05) is 4.47 Å². The lowest BCUT2D eigenvalue weighted by Gasteiger charge is -2.19. The number of nitrogens with zero attached hydrogens (tertiary/aromatic N) is 1. The van der Waals surface area contributed by atoms with E-state index in [1.807, 2.05) is 18.2 Å². The van der Waals surface area contributed by atoms with E-state index in [2.05, 4.69) is 61.2 Å². The summed E-state index contributed by atoms with van der Waals surface area (Å²) < 4.78 is 1.88. The van der Waals surface area contributed by atoms with Gasteiger partial charge >= 0.3 is 0 Å². The monoisotopic (exact) mass is 402 g/mol. The topological polar surface area (TPSA) is 24.9 Å². The maximum atomic E-state index is 5.90. The zero-order valence-corrected chi connectivity index (χ0v) is 14.3. The normalized spacial score (nSPS) is 12.2. The molecule has 1 heterocycles. The number of pyridine rings is 1. The van der Waals surface area contributed by atoms with Crippen LogP contribution in [0.15, 0.2) is 45.5 Å². The van der Waals surface area contributed by atoms with E-state index < -0.39 is 0 Å². The second-order valence-electron chi connectivity index (χ2n) is 4.16. The Labute approximate surface area is 134 Å². The quantitative estimate of drug-likeness (QED) is 0.649. The molecule has 2 nitrogen and oxygen atoms in total. The summed E-state index contributed by atoms with van der Waals surface area (Å²) in [5, 5.41) is 3.94. The number of hydrogen-bond donors (Lipinski definition) is 1. The molecule has 2 rings (SSSR count). The molecule has 1 aromatic heterocycles. The number of aromatic nitrogens is 1. The van der Waals surface area contributed by atoms with E-state index in [4.69, 9.17) is 11.6 Å². The van der Waals surface area contributed by atoms with Crippen LogP contribution < -0.4 is 5.32 Å². The molecule has 0 saturated carbocycles. The summed E-state index contributed by atoms with van der Waals surface area (Å²) >= 11 is 12.8. The highest BCUT2D eigenvalue weighted by molar-refractivity contribution is 9.10. The zero-order chi connectivity index (χ0) is 13.8. The molecule has 0 radical (unpaired) electrons. The first kappa shape index (κ1) is 14.8. The van der Waals surface area contributed by atoms with Gasteiger partial charge in [0.2, 0.25) is 0 Å². The standard InChI is InChI=1S/C14H13Br2ClN2/c1-2-13(9-4-3-5-10(15)6-9)19-11-7-12(16)14(17)18-8-11/h3-8,13,19H,2H2,1H3. The summed E-state index contributed by atoms with van der Waals surface area (Å²) in [7, 11) is 0. The average Bonchev–Trinajstić information content (AvgIpc) is 2.40. The third-order valence-electron chi connectivity index (χ3n) is 2.80. The van der Waals surface area contributed by atoms with Crippen LogP contribution in [0.5, 0.6) is 0 Å². The second kappa shape index (κ2) is 6.73. The van der Waals surface area contributed by atoms with Crippen LogP contribution in [0.4, 0.5) is 5.69 Å². The first-order valence-corrected chi connectivity index (χ1v) is 7.89. The number of anilines is 1. The Morgan fingerprint density at radius 2 is 2.11 bits per heavy atom. The minimum atomic E-state index is 0.243. The molecule has 0 aliphatic carbocycles. The van der Waals surface area contributed by atoms with Crippen molar-refractivity contribution in [1.29, 1.82) is 0 Å². The summed E-state index contributed by atoms with van der Waals surface area (Å²) in [5.41, 5.74) is 2.19. The molecule has 2 aromatic rings. The molecule has 1 aromatic carbocycles. The zero-order valence-electron chi connectivity index (χ0n) is 10.3. The van der Waals surface area contributed by atoms with Crippen LogP contribution in [-0.2, 0) is 0 Å². The van der Waals surface area contributed by atoms with Crippen molar-refractivity contribution in [3.63, 3.8) is 0 Å². The van der Waals surface area contributed by atoms with Crippen molar-refractivity contribution in [2.75, 3.05) is 5.32 Å². The highest BCUT2D eigenvalue weighted by Gasteiger charge is 2.10.